The average Bonchev–Trinajstić information content (AvgIpc) is 2.49. The van der Waals surface area contributed by atoms with Gasteiger partial charge in [-0.3, -0.25) is 4.90 Å². The number of likely N-dealkylation sites (N-methyl/N-ethyl adjacent to an activating group) is 1. The minimum Gasteiger partial charge on any atom is -0.376 e. The van der Waals surface area contributed by atoms with Crippen LogP contribution in [-0.2, 0) is 4.74 Å². The lowest BCUT2D eigenvalue weighted by Crippen LogP contribution is -2.57. The molecule has 0 aromatic carbocycles. The van der Waals surface area contributed by atoms with Gasteiger partial charge in [-0.15, -0.1) is 0 Å². The van der Waals surface area contributed by atoms with Crippen molar-refractivity contribution in [3.8, 4) is 0 Å². The molecule has 0 aromatic heterocycles. The molecule has 0 aromatic rings. The van der Waals surface area contributed by atoms with Gasteiger partial charge in [0.15, 0.2) is 0 Å². The van der Waals surface area contributed by atoms with E-state index in [1.807, 2.05) is 4.90 Å². The van der Waals surface area contributed by atoms with E-state index in [2.05, 4.69) is 13.8 Å². The Kier molecular flexibility index (Phi) is 7.38. The van der Waals surface area contributed by atoms with E-state index in [1.165, 1.54) is 17.7 Å². The zero-order chi connectivity index (χ0) is 17.7. The molecule has 0 N–H and O–H groups in total. The Morgan fingerprint density at radius 2 is 1.75 bits per heavy atom. The van der Waals surface area contributed by atoms with E-state index in [4.69, 9.17) is 4.74 Å². The summed E-state index contributed by atoms with van der Waals surface area (Å²) in [5.74, 6) is 0.725. The monoisotopic (exact) mass is 350 g/mol. The van der Waals surface area contributed by atoms with E-state index in [1.54, 1.807) is 7.05 Å². The summed E-state index contributed by atoms with van der Waals surface area (Å²) in [6.45, 7) is 6.32. The number of hydrogen-bond acceptors (Lipinski definition) is 3. The van der Waals surface area contributed by atoms with Gasteiger partial charge < -0.3 is 9.64 Å². The zero-order valence-electron chi connectivity index (χ0n) is 15.3. The van der Waals surface area contributed by atoms with Crippen LogP contribution in [0.15, 0.2) is 0 Å². The van der Waals surface area contributed by atoms with E-state index < -0.39 is 12.2 Å². The predicted molar refractivity (Wildman–Crippen MR) is 90.1 cm³/mol. The van der Waals surface area contributed by atoms with Crippen LogP contribution in [0.2, 0.25) is 0 Å². The van der Waals surface area contributed by atoms with Gasteiger partial charge in [-0.05, 0) is 71.9 Å². The van der Waals surface area contributed by atoms with Crippen molar-refractivity contribution in [1.82, 2.24) is 9.80 Å². The molecule has 0 radical (unpaired) electrons. The highest BCUT2D eigenvalue weighted by molar-refractivity contribution is 4.85. The summed E-state index contributed by atoms with van der Waals surface area (Å²) >= 11 is 0. The Labute approximate surface area is 144 Å². The number of halogens is 3. The van der Waals surface area contributed by atoms with Gasteiger partial charge in [0, 0.05) is 19.6 Å². The third kappa shape index (κ3) is 6.19. The normalized spacial score (nSPS) is 30.9. The molecule has 6 heteroatoms. The maximum Gasteiger partial charge on any atom is 0.405 e. The summed E-state index contributed by atoms with van der Waals surface area (Å²) < 4.78 is 44.9. The first kappa shape index (κ1) is 20.0. The topological polar surface area (TPSA) is 15.7 Å². The third-order valence-electron chi connectivity index (χ3n) is 5.46. The average molecular weight is 350 g/mol. The van der Waals surface area contributed by atoms with Gasteiger partial charge in [-0.2, -0.15) is 13.2 Å². The van der Waals surface area contributed by atoms with E-state index in [9.17, 15) is 13.2 Å². The molecule has 1 saturated heterocycles. The van der Waals surface area contributed by atoms with Crippen LogP contribution in [0.4, 0.5) is 13.2 Å². The summed E-state index contributed by atoms with van der Waals surface area (Å²) in [6.07, 6.45) is 3.39. The standard InChI is InChI=1S/C18H33F3N2O/c1-14(2)24-16-8-6-15(7-9-16)5-4-10-23-12-11-22(3)17(13-23)18(19,20)21/h14-17H,4-13H2,1-3H3. The molecule has 2 fully saturated rings. The van der Waals surface area contributed by atoms with Gasteiger partial charge in [0.1, 0.15) is 6.04 Å². The van der Waals surface area contributed by atoms with E-state index in [0.717, 1.165) is 44.7 Å². The second kappa shape index (κ2) is 8.86. The van der Waals surface area contributed by atoms with Crippen LogP contribution in [-0.4, -0.2) is 67.5 Å². The van der Waals surface area contributed by atoms with Crippen molar-refractivity contribution in [2.45, 2.75) is 76.8 Å². The Bertz CT molecular complexity index is 368. The number of ether oxygens (including phenoxy) is 1. The minimum atomic E-state index is -4.12. The third-order valence-corrected chi connectivity index (χ3v) is 5.46. The fourth-order valence-corrected chi connectivity index (χ4v) is 4.03. The molecule has 2 aliphatic rings. The van der Waals surface area contributed by atoms with Crippen molar-refractivity contribution in [3.05, 3.63) is 0 Å². The molecule has 1 aliphatic carbocycles. The van der Waals surface area contributed by atoms with Crippen molar-refractivity contribution >= 4 is 0 Å². The van der Waals surface area contributed by atoms with Crippen molar-refractivity contribution in [2.24, 2.45) is 5.92 Å². The summed E-state index contributed by atoms with van der Waals surface area (Å²) in [5, 5.41) is 0. The fourth-order valence-electron chi connectivity index (χ4n) is 4.03. The molecule has 24 heavy (non-hydrogen) atoms. The maximum absolute atomic E-state index is 13.0. The van der Waals surface area contributed by atoms with Crippen molar-refractivity contribution in [1.29, 1.82) is 0 Å². The van der Waals surface area contributed by atoms with Crippen molar-refractivity contribution < 1.29 is 17.9 Å². The second-order valence-electron chi connectivity index (χ2n) is 7.81. The van der Waals surface area contributed by atoms with Gasteiger partial charge in [-0.25, -0.2) is 0 Å². The second-order valence-corrected chi connectivity index (χ2v) is 7.81. The van der Waals surface area contributed by atoms with E-state index in [-0.39, 0.29) is 6.54 Å². The molecule has 2 rings (SSSR count). The van der Waals surface area contributed by atoms with Crippen LogP contribution >= 0.6 is 0 Å². The number of hydrogen-bond donors (Lipinski definition) is 0. The van der Waals surface area contributed by atoms with Crippen LogP contribution in [0.25, 0.3) is 0 Å². The number of nitrogens with zero attached hydrogens (tertiary/aromatic N) is 2. The molecule has 1 heterocycles. The molecule has 1 unspecified atom stereocenters. The van der Waals surface area contributed by atoms with Gasteiger partial charge in [0.2, 0.25) is 0 Å². The molecule has 1 aliphatic heterocycles. The molecule has 0 bridgehead atoms. The number of piperazine rings is 1. The van der Waals surface area contributed by atoms with E-state index >= 15 is 0 Å². The Morgan fingerprint density at radius 3 is 2.33 bits per heavy atom. The quantitative estimate of drug-likeness (QED) is 0.722. The van der Waals surface area contributed by atoms with Gasteiger partial charge >= 0.3 is 6.18 Å². The summed E-state index contributed by atoms with van der Waals surface area (Å²) in [4.78, 5) is 3.43. The summed E-state index contributed by atoms with van der Waals surface area (Å²) in [6, 6.07) is -1.31. The molecule has 142 valence electrons. The highest BCUT2D eigenvalue weighted by atomic mass is 19.4. The number of alkyl halides is 3. The van der Waals surface area contributed by atoms with Crippen molar-refractivity contribution in [2.75, 3.05) is 33.2 Å². The first-order chi connectivity index (χ1) is 11.3. The lowest BCUT2D eigenvalue weighted by atomic mass is 9.84. The molecule has 0 spiro atoms. The largest absolute Gasteiger partial charge is 0.405 e. The Hall–Kier alpha value is -0.330. The molecular weight excluding hydrogens is 317 g/mol. The predicted octanol–water partition coefficient (Wildman–Crippen LogP) is 3.93. The SMILES string of the molecule is CC(C)OC1CCC(CCCN2CCN(C)C(C(F)(F)F)C2)CC1. The Balaban J connectivity index is 1.64. The van der Waals surface area contributed by atoms with E-state index in [0.29, 0.717) is 18.8 Å². The highest BCUT2D eigenvalue weighted by Crippen LogP contribution is 2.31. The molecule has 1 saturated carbocycles. The first-order valence-electron chi connectivity index (χ1n) is 9.40. The molecular formula is C18H33F3N2O. The highest BCUT2D eigenvalue weighted by Gasteiger charge is 2.44. The number of rotatable bonds is 6. The molecule has 3 nitrogen and oxygen atoms in total. The van der Waals surface area contributed by atoms with Crippen LogP contribution in [0.1, 0.15) is 52.4 Å². The van der Waals surface area contributed by atoms with Gasteiger partial charge in [0.25, 0.3) is 0 Å². The summed E-state index contributed by atoms with van der Waals surface area (Å²) in [5.41, 5.74) is 0. The van der Waals surface area contributed by atoms with Crippen molar-refractivity contribution in [3.63, 3.8) is 0 Å². The van der Waals surface area contributed by atoms with Gasteiger partial charge in [0.05, 0.1) is 12.2 Å². The zero-order valence-corrected chi connectivity index (χ0v) is 15.3. The smallest absolute Gasteiger partial charge is 0.376 e. The van der Waals surface area contributed by atoms with Crippen LogP contribution in [0.5, 0.6) is 0 Å². The van der Waals surface area contributed by atoms with Crippen LogP contribution in [0.3, 0.4) is 0 Å². The lowest BCUT2D eigenvalue weighted by Gasteiger charge is -2.40. The van der Waals surface area contributed by atoms with Gasteiger partial charge in [-0.1, -0.05) is 0 Å². The maximum atomic E-state index is 13.0. The van der Waals surface area contributed by atoms with Crippen LogP contribution in [0, 0.1) is 5.92 Å². The molecule has 1 atom stereocenters. The Morgan fingerprint density at radius 1 is 1.08 bits per heavy atom. The minimum absolute atomic E-state index is 0.120. The van der Waals surface area contributed by atoms with Crippen LogP contribution < -0.4 is 0 Å². The first-order valence-corrected chi connectivity index (χ1v) is 9.40. The summed E-state index contributed by atoms with van der Waals surface area (Å²) in [7, 11) is 1.58. The fraction of sp³-hybridized carbons (Fsp3) is 1.00. The molecule has 0 amide bonds. The lowest BCUT2D eigenvalue weighted by molar-refractivity contribution is -0.193.